The molecule has 0 amide bonds. The Labute approximate surface area is 93.1 Å². The standard InChI is InChI=1S/C13H22N2/c1-4-14-9-12(3)15-10-13-7-5-11(2)6-8-13/h5-8,12,14-15H,4,9-10H2,1-3H3. The van der Waals surface area contributed by atoms with Crippen molar-refractivity contribution in [3.8, 4) is 0 Å². The van der Waals surface area contributed by atoms with E-state index in [9.17, 15) is 0 Å². The highest BCUT2D eigenvalue weighted by atomic mass is 15.0. The second-order valence-electron chi connectivity index (χ2n) is 4.08. The van der Waals surface area contributed by atoms with Gasteiger partial charge in [-0.05, 0) is 26.0 Å². The van der Waals surface area contributed by atoms with Gasteiger partial charge >= 0.3 is 0 Å². The van der Waals surface area contributed by atoms with Crippen molar-refractivity contribution in [2.24, 2.45) is 0 Å². The number of benzene rings is 1. The molecular weight excluding hydrogens is 184 g/mol. The second-order valence-corrected chi connectivity index (χ2v) is 4.08. The quantitative estimate of drug-likeness (QED) is 0.744. The summed E-state index contributed by atoms with van der Waals surface area (Å²) in [6.45, 7) is 9.47. The van der Waals surface area contributed by atoms with E-state index in [1.54, 1.807) is 0 Å². The van der Waals surface area contributed by atoms with Crippen LogP contribution >= 0.6 is 0 Å². The van der Waals surface area contributed by atoms with Crippen molar-refractivity contribution in [3.05, 3.63) is 35.4 Å². The predicted molar refractivity (Wildman–Crippen MR) is 66.0 cm³/mol. The topological polar surface area (TPSA) is 24.1 Å². The van der Waals surface area contributed by atoms with Crippen LogP contribution in [0.1, 0.15) is 25.0 Å². The molecule has 1 unspecified atom stereocenters. The second kappa shape index (κ2) is 6.59. The number of hydrogen-bond acceptors (Lipinski definition) is 2. The SMILES string of the molecule is CCNCC(C)NCc1ccc(C)cc1. The van der Waals surface area contributed by atoms with Crippen LogP contribution in [0.4, 0.5) is 0 Å². The molecular formula is C13H22N2. The van der Waals surface area contributed by atoms with Crippen molar-refractivity contribution in [1.82, 2.24) is 10.6 Å². The third kappa shape index (κ3) is 4.96. The van der Waals surface area contributed by atoms with Crippen molar-refractivity contribution in [2.45, 2.75) is 33.4 Å². The largest absolute Gasteiger partial charge is 0.315 e. The third-order valence-electron chi connectivity index (χ3n) is 2.48. The van der Waals surface area contributed by atoms with Gasteiger partial charge in [0.2, 0.25) is 0 Å². The van der Waals surface area contributed by atoms with Gasteiger partial charge in [0.1, 0.15) is 0 Å². The predicted octanol–water partition coefficient (Wildman–Crippen LogP) is 2.08. The molecule has 1 aromatic carbocycles. The molecule has 0 spiro atoms. The van der Waals surface area contributed by atoms with Crippen LogP contribution < -0.4 is 10.6 Å². The van der Waals surface area contributed by atoms with Crippen molar-refractivity contribution < 1.29 is 0 Å². The van der Waals surface area contributed by atoms with Gasteiger partial charge in [0.15, 0.2) is 0 Å². The molecule has 0 aliphatic carbocycles. The lowest BCUT2D eigenvalue weighted by Gasteiger charge is -2.14. The van der Waals surface area contributed by atoms with Crippen molar-refractivity contribution >= 4 is 0 Å². The molecule has 84 valence electrons. The van der Waals surface area contributed by atoms with Gasteiger partial charge in [0.05, 0.1) is 0 Å². The van der Waals surface area contributed by atoms with E-state index in [2.05, 4.69) is 55.7 Å². The van der Waals surface area contributed by atoms with Crippen LogP contribution in [0.2, 0.25) is 0 Å². The van der Waals surface area contributed by atoms with Crippen LogP contribution in [0, 0.1) is 6.92 Å². The highest BCUT2D eigenvalue weighted by Gasteiger charge is 1.99. The van der Waals surface area contributed by atoms with Crippen molar-refractivity contribution in [1.29, 1.82) is 0 Å². The molecule has 2 nitrogen and oxygen atoms in total. The summed E-state index contributed by atoms with van der Waals surface area (Å²) in [7, 11) is 0. The lowest BCUT2D eigenvalue weighted by atomic mass is 10.1. The fourth-order valence-corrected chi connectivity index (χ4v) is 1.43. The Morgan fingerprint density at radius 3 is 2.47 bits per heavy atom. The molecule has 0 fully saturated rings. The summed E-state index contributed by atoms with van der Waals surface area (Å²) in [6, 6.07) is 9.20. The summed E-state index contributed by atoms with van der Waals surface area (Å²) < 4.78 is 0. The molecule has 1 rings (SSSR count). The van der Waals surface area contributed by atoms with Gasteiger partial charge in [-0.3, -0.25) is 0 Å². The lowest BCUT2D eigenvalue weighted by molar-refractivity contribution is 0.509. The molecule has 15 heavy (non-hydrogen) atoms. The lowest BCUT2D eigenvalue weighted by Crippen LogP contribution is -2.35. The van der Waals surface area contributed by atoms with Gasteiger partial charge in [-0.1, -0.05) is 36.8 Å². The zero-order chi connectivity index (χ0) is 11.1. The van der Waals surface area contributed by atoms with E-state index in [1.165, 1.54) is 11.1 Å². The van der Waals surface area contributed by atoms with Gasteiger partial charge in [0, 0.05) is 19.1 Å². The molecule has 0 aliphatic rings. The summed E-state index contributed by atoms with van der Waals surface area (Å²) >= 11 is 0. The number of rotatable bonds is 6. The van der Waals surface area contributed by atoms with E-state index in [0.717, 1.165) is 19.6 Å². The van der Waals surface area contributed by atoms with Crippen LogP contribution in [0.5, 0.6) is 0 Å². The minimum absolute atomic E-state index is 0.520. The normalized spacial score (nSPS) is 12.7. The Balaban J connectivity index is 2.27. The van der Waals surface area contributed by atoms with Crippen molar-refractivity contribution in [3.63, 3.8) is 0 Å². The smallest absolute Gasteiger partial charge is 0.0208 e. The summed E-state index contributed by atoms with van der Waals surface area (Å²) in [5.41, 5.74) is 2.67. The number of nitrogens with one attached hydrogen (secondary N) is 2. The molecule has 0 saturated heterocycles. The average Bonchev–Trinajstić information content (AvgIpc) is 2.25. The highest BCUT2D eigenvalue weighted by Crippen LogP contribution is 2.02. The number of aryl methyl sites for hydroxylation is 1. The van der Waals surface area contributed by atoms with Crippen LogP contribution in [-0.2, 0) is 6.54 Å². The first-order valence-electron chi connectivity index (χ1n) is 5.72. The molecule has 0 radical (unpaired) electrons. The first-order chi connectivity index (χ1) is 7.22. The Hall–Kier alpha value is -0.860. The molecule has 1 aromatic rings. The van der Waals surface area contributed by atoms with Crippen LogP contribution in [-0.4, -0.2) is 19.1 Å². The Kier molecular flexibility index (Phi) is 5.37. The molecule has 2 N–H and O–H groups in total. The van der Waals surface area contributed by atoms with Gasteiger partial charge in [-0.15, -0.1) is 0 Å². The summed E-state index contributed by atoms with van der Waals surface area (Å²) in [5.74, 6) is 0. The minimum Gasteiger partial charge on any atom is -0.315 e. The van der Waals surface area contributed by atoms with Crippen LogP contribution in [0.3, 0.4) is 0 Å². The number of hydrogen-bond donors (Lipinski definition) is 2. The van der Waals surface area contributed by atoms with E-state index in [0.29, 0.717) is 6.04 Å². The van der Waals surface area contributed by atoms with Gasteiger partial charge in [-0.2, -0.15) is 0 Å². The van der Waals surface area contributed by atoms with Crippen LogP contribution in [0.25, 0.3) is 0 Å². The van der Waals surface area contributed by atoms with Crippen LogP contribution in [0.15, 0.2) is 24.3 Å². The highest BCUT2D eigenvalue weighted by molar-refractivity contribution is 5.21. The van der Waals surface area contributed by atoms with E-state index in [-0.39, 0.29) is 0 Å². The molecule has 0 heterocycles. The maximum Gasteiger partial charge on any atom is 0.0208 e. The van der Waals surface area contributed by atoms with Crippen molar-refractivity contribution in [2.75, 3.05) is 13.1 Å². The van der Waals surface area contributed by atoms with Gasteiger partial charge < -0.3 is 10.6 Å². The Bertz CT molecular complexity index is 266. The molecule has 0 aromatic heterocycles. The van der Waals surface area contributed by atoms with E-state index in [4.69, 9.17) is 0 Å². The fourth-order valence-electron chi connectivity index (χ4n) is 1.43. The van der Waals surface area contributed by atoms with E-state index >= 15 is 0 Å². The maximum absolute atomic E-state index is 3.49. The number of likely N-dealkylation sites (N-methyl/N-ethyl adjacent to an activating group) is 1. The summed E-state index contributed by atoms with van der Waals surface area (Å²) in [5, 5.41) is 6.82. The summed E-state index contributed by atoms with van der Waals surface area (Å²) in [6.07, 6.45) is 0. The summed E-state index contributed by atoms with van der Waals surface area (Å²) in [4.78, 5) is 0. The monoisotopic (exact) mass is 206 g/mol. The molecule has 0 bridgehead atoms. The average molecular weight is 206 g/mol. The first-order valence-corrected chi connectivity index (χ1v) is 5.72. The first kappa shape index (κ1) is 12.2. The Morgan fingerprint density at radius 1 is 1.20 bits per heavy atom. The molecule has 2 heteroatoms. The molecule has 0 aliphatic heterocycles. The van der Waals surface area contributed by atoms with E-state index in [1.807, 2.05) is 0 Å². The maximum atomic E-state index is 3.49. The minimum atomic E-state index is 0.520. The third-order valence-corrected chi connectivity index (χ3v) is 2.48. The zero-order valence-corrected chi connectivity index (χ0v) is 10.0. The zero-order valence-electron chi connectivity index (χ0n) is 10.0. The molecule has 1 atom stereocenters. The fraction of sp³-hybridized carbons (Fsp3) is 0.538. The van der Waals surface area contributed by atoms with Gasteiger partial charge in [0.25, 0.3) is 0 Å². The van der Waals surface area contributed by atoms with E-state index < -0.39 is 0 Å². The van der Waals surface area contributed by atoms with Gasteiger partial charge in [-0.25, -0.2) is 0 Å². The molecule has 0 saturated carbocycles. The Morgan fingerprint density at radius 2 is 1.87 bits per heavy atom.